The van der Waals surface area contributed by atoms with Crippen molar-refractivity contribution in [1.82, 2.24) is 0 Å². The molecule has 1 aromatic rings. The van der Waals surface area contributed by atoms with Crippen LogP contribution in [-0.2, 0) is 10.8 Å². The van der Waals surface area contributed by atoms with Crippen LogP contribution in [0.1, 0.15) is 17.3 Å². The number of carbonyl (C=O) groups is 1. The maximum absolute atomic E-state index is 11.4. The summed E-state index contributed by atoms with van der Waals surface area (Å²) in [7, 11) is -1.10. The first-order valence-electron chi connectivity index (χ1n) is 3.97. The molecule has 0 saturated carbocycles. The molecular weight excluding hydrogens is 224 g/mol. The van der Waals surface area contributed by atoms with Crippen LogP contribution in [0.2, 0.25) is 5.02 Å². The fourth-order valence-corrected chi connectivity index (χ4v) is 2.11. The maximum atomic E-state index is 11.4. The summed E-state index contributed by atoms with van der Waals surface area (Å²) in [5.41, 5.74) is 0.0310. The molecule has 0 fully saturated rings. The van der Waals surface area contributed by atoms with E-state index in [1.807, 2.05) is 0 Å². The lowest BCUT2D eigenvalue weighted by Gasteiger charge is -2.02. The van der Waals surface area contributed by atoms with Gasteiger partial charge in [0.25, 0.3) is 0 Å². The number of halogens is 1. The van der Waals surface area contributed by atoms with Crippen molar-refractivity contribution in [2.24, 2.45) is 0 Å². The molecule has 0 heterocycles. The minimum atomic E-state index is -1.10. The van der Waals surface area contributed by atoms with Crippen LogP contribution in [0, 0.1) is 0 Å². The van der Waals surface area contributed by atoms with Crippen molar-refractivity contribution >= 4 is 28.4 Å². The second-order valence-electron chi connectivity index (χ2n) is 2.58. The van der Waals surface area contributed by atoms with E-state index in [1.165, 1.54) is 18.2 Å². The predicted molar refractivity (Wildman–Crippen MR) is 55.4 cm³/mol. The summed E-state index contributed by atoms with van der Waals surface area (Å²) in [5.74, 6) is -0.591. The van der Waals surface area contributed by atoms with Crippen LogP contribution in [-0.4, -0.2) is 21.0 Å². The Labute approximate surface area is 89.2 Å². The summed E-state index contributed by atoms with van der Waals surface area (Å²) in [4.78, 5) is 11.2. The molecule has 0 aliphatic carbocycles. The van der Waals surface area contributed by atoms with E-state index < -0.39 is 16.8 Å². The Kier molecular flexibility index (Phi) is 3.66. The fraction of sp³-hybridized carbons (Fsp3) is 0.222. The van der Waals surface area contributed by atoms with Crippen LogP contribution >= 0.6 is 11.6 Å². The van der Waals surface area contributed by atoms with Gasteiger partial charge in [-0.3, -0.25) is 4.21 Å². The summed E-state index contributed by atoms with van der Waals surface area (Å²) in [6.07, 6.45) is 0. The predicted octanol–water partition coefficient (Wildman–Crippen LogP) is 2.17. The van der Waals surface area contributed by atoms with Crippen LogP contribution in [0.5, 0.6) is 0 Å². The highest BCUT2D eigenvalue weighted by Gasteiger charge is 2.10. The molecule has 1 atom stereocenters. The molecule has 0 radical (unpaired) electrons. The normalized spacial score (nSPS) is 12.4. The standard InChI is InChI=1S/C9H9ClO3S/c1-2-14(13)6-3-4-7(9(11)12)8(10)5-6/h3-5H,2H2,1H3,(H,11,12). The van der Waals surface area contributed by atoms with E-state index in [-0.39, 0.29) is 10.6 Å². The quantitative estimate of drug-likeness (QED) is 0.869. The van der Waals surface area contributed by atoms with Crippen molar-refractivity contribution in [2.75, 3.05) is 5.75 Å². The molecule has 3 nitrogen and oxygen atoms in total. The fourth-order valence-electron chi connectivity index (χ4n) is 0.978. The summed E-state index contributed by atoms with van der Waals surface area (Å²) in [6.45, 7) is 1.79. The van der Waals surface area contributed by atoms with Gasteiger partial charge in [-0.2, -0.15) is 0 Å². The molecule has 1 N–H and O–H groups in total. The Balaban J connectivity index is 3.12. The van der Waals surface area contributed by atoms with Gasteiger partial charge in [0, 0.05) is 10.6 Å². The molecule has 0 amide bonds. The Morgan fingerprint density at radius 3 is 2.64 bits per heavy atom. The van der Waals surface area contributed by atoms with Gasteiger partial charge >= 0.3 is 5.97 Å². The molecule has 0 saturated heterocycles. The minimum Gasteiger partial charge on any atom is -0.478 e. The van der Waals surface area contributed by atoms with Crippen LogP contribution in [0.3, 0.4) is 0 Å². The highest BCUT2D eigenvalue weighted by molar-refractivity contribution is 7.85. The van der Waals surface area contributed by atoms with Gasteiger partial charge in [0.2, 0.25) is 0 Å². The first kappa shape index (κ1) is 11.2. The monoisotopic (exact) mass is 232 g/mol. The lowest BCUT2D eigenvalue weighted by molar-refractivity contribution is 0.0697. The zero-order chi connectivity index (χ0) is 10.7. The highest BCUT2D eigenvalue weighted by atomic mass is 35.5. The van der Waals surface area contributed by atoms with Gasteiger partial charge in [0.1, 0.15) is 0 Å². The number of benzene rings is 1. The first-order valence-corrected chi connectivity index (χ1v) is 5.67. The second kappa shape index (κ2) is 4.57. The van der Waals surface area contributed by atoms with Gasteiger partial charge in [-0.15, -0.1) is 0 Å². The van der Waals surface area contributed by atoms with Crippen LogP contribution in [0.15, 0.2) is 23.1 Å². The summed E-state index contributed by atoms with van der Waals surface area (Å²) < 4.78 is 11.4. The lowest BCUT2D eigenvalue weighted by Crippen LogP contribution is -2.00. The van der Waals surface area contributed by atoms with Crippen molar-refractivity contribution in [3.8, 4) is 0 Å². The number of rotatable bonds is 3. The summed E-state index contributed by atoms with van der Waals surface area (Å²) in [6, 6.07) is 4.33. The van der Waals surface area contributed by atoms with Crippen LogP contribution < -0.4 is 0 Å². The number of carboxylic acid groups (broad SMARTS) is 1. The molecular formula is C9H9ClO3S. The highest BCUT2D eigenvalue weighted by Crippen LogP contribution is 2.19. The Bertz CT molecular complexity index is 390. The topological polar surface area (TPSA) is 54.4 Å². The summed E-state index contributed by atoms with van der Waals surface area (Å²) in [5, 5.41) is 8.81. The van der Waals surface area contributed by atoms with E-state index in [0.29, 0.717) is 10.6 Å². The van der Waals surface area contributed by atoms with Crippen LogP contribution in [0.4, 0.5) is 0 Å². The van der Waals surface area contributed by atoms with E-state index >= 15 is 0 Å². The van der Waals surface area contributed by atoms with Gasteiger partial charge in [-0.1, -0.05) is 18.5 Å². The van der Waals surface area contributed by atoms with E-state index in [9.17, 15) is 9.00 Å². The van der Waals surface area contributed by atoms with Crippen molar-refractivity contribution in [3.05, 3.63) is 28.8 Å². The Morgan fingerprint density at radius 1 is 1.57 bits per heavy atom. The molecule has 0 aliphatic heterocycles. The zero-order valence-electron chi connectivity index (χ0n) is 7.49. The third-order valence-corrected chi connectivity index (χ3v) is 3.31. The second-order valence-corrected chi connectivity index (χ2v) is 4.73. The first-order chi connectivity index (χ1) is 6.56. The van der Waals surface area contributed by atoms with E-state index in [1.54, 1.807) is 6.92 Å². The van der Waals surface area contributed by atoms with Crippen LogP contribution in [0.25, 0.3) is 0 Å². The molecule has 0 spiro atoms. The molecule has 0 aliphatic rings. The number of hydrogen-bond donors (Lipinski definition) is 1. The third-order valence-electron chi connectivity index (χ3n) is 1.70. The molecule has 76 valence electrons. The van der Waals surface area contributed by atoms with E-state index in [0.717, 1.165) is 0 Å². The average Bonchev–Trinajstić information content (AvgIpc) is 2.15. The molecule has 1 rings (SSSR count). The SMILES string of the molecule is CCS(=O)c1ccc(C(=O)O)c(Cl)c1. The van der Waals surface area contributed by atoms with Crippen molar-refractivity contribution in [3.63, 3.8) is 0 Å². The van der Waals surface area contributed by atoms with Crippen molar-refractivity contribution in [1.29, 1.82) is 0 Å². The number of hydrogen-bond acceptors (Lipinski definition) is 2. The third kappa shape index (κ3) is 2.33. The van der Waals surface area contributed by atoms with Gasteiger partial charge < -0.3 is 5.11 Å². The molecule has 14 heavy (non-hydrogen) atoms. The van der Waals surface area contributed by atoms with E-state index in [2.05, 4.69) is 0 Å². The molecule has 1 aromatic carbocycles. The Morgan fingerprint density at radius 2 is 2.21 bits per heavy atom. The maximum Gasteiger partial charge on any atom is 0.337 e. The molecule has 1 unspecified atom stereocenters. The molecule has 0 aromatic heterocycles. The van der Waals surface area contributed by atoms with Gasteiger partial charge in [-0.25, -0.2) is 4.79 Å². The number of aromatic carboxylic acids is 1. The lowest BCUT2D eigenvalue weighted by atomic mass is 10.2. The average molecular weight is 233 g/mol. The molecule has 0 bridgehead atoms. The van der Waals surface area contributed by atoms with Crippen molar-refractivity contribution < 1.29 is 14.1 Å². The Hall–Kier alpha value is -0.870. The zero-order valence-corrected chi connectivity index (χ0v) is 9.06. The van der Waals surface area contributed by atoms with Gasteiger partial charge in [-0.05, 0) is 18.2 Å². The minimum absolute atomic E-state index is 0.0310. The molecule has 5 heteroatoms. The summed E-state index contributed by atoms with van der Waals surface area (Å²) >= 11 is 5.71. The van der Waals surface area contributed by atoms with Gasteiger partial charge in [0.15, 0.2) is 0 Å². The number of carboxylic acids is 1. The van der Waals surface area contributed by atoms with Gasteiger partial charge in [0.05, 0.1) is 21.4 Å². The smallest absolute Gasteiger partial charge is 0.337 e. The van der Waals surface area contributed by atoms with E-state index in [4.69, 9.17) is 16.7 Å². The van der Waals surface area contributed by atoms with Crippen molar-refractivity contribution in [2.45, 2.75) is 11.8 Å². The largest absolute Gasteiger partial charge is 0.478 e.